The van der Waals surface area contributed by atoms with E-state index in [1.807, 2.05) is 0 Å². The third-order valence-electron chi connectivity index (χ3n) is 4.04. The quantitative estimate of drug-likeness (QED) is 0.867. The SMILES string of the molecule is CN(C1CC1)C1CCN(c2cnc(C(=O)O)cn2)C1. The van der Waals surface area contributed by atoms with E-state index in [0.717, 1.165) is 31.4 Å². The second kappa shape index (κ2) is 4.77. The molecule has 102 valence electrons. The van der Waals surface area contributed by atoms with Crippen molar-refractivity contribution >= 4 is 11.8 Å². The van der Waals surface area contributed by atoms with Crippen LogP contribution in [0.25, 0.3) is 0 Å². The lowest BCUT2D eigenvalue weighted by molar-refractivity contribution is 0.0690. The van der Waals surface area contributed by atoms with Crippen molar-refractivity contribution in [1.82, 2.24) is 14.9 Å². The Morgan fingerprint density at radius 2 is 2.11 bits per heavy atom. The van der Waals surface area contributed by atoms with Crippen molar-refractivity contribution in [1.29, 1.82) is 0 Å². The number of hydrogen-bond donors (Lipinski definition) is 1. The number of aromatic nitrogens is 2. The van der Waals surface area contributed by atoms with E-state index in [1.165, 1.54) is 19.0 Å². The fourth-order valence-corrected chi connectivity index (χ4v) is 2.66. The van der Waals surface area contributed by atoms with Crippen LogP contribution in [0.15, 0.2) is 12.4 Å². The first-order chi connectivity index (χ1) is 9.15. The average Bonchev–Trinajstić information content (AvgIpc) is 3.15. The monoisotopic (exact) mass is 262 g/mol. The van der Waals surface area contributed by atoms with E-state index in [0.29, 0.717) is 6.04 Å². The van der Waals surface area contributed by atoms with E-state index in [9.17, 15) is 4.79 Å². The van der Waals surface area contributed by atoms with Crippen LogP contribution in [0.5, 0.6) is 0 Å². The molecule has 1 aliphatic carbocycles. The van der Waals surface area contributed by atoms with E-state index in [4.69, 9.17) is 5.11 Å². The van der Waals surface area contributed by atoms with Crippen molar-refractivity contribution in [3.05, 3.63) is 18.1 Å². The second-order valence-corrected chi connectivity index (χ2v) is 5.35. The highest BCUT2D eigenvalue weighted by atomic mass is 16.4. The Balaban J connectivity index is 1.65. The van der Waals surface area contributed by atoms with Crippen molar-refractivity contribution in [3.8, 4) is 0 Å². The van der Waals surface area contributed by atoms with Gasteiger partial charge in [0.25, 0.3) is 0 Å². The van der Waals surface area contributed by atoms with E-state index in [-0.39, 0.29) is 5.69 Å². The molecule has 2 fully saturated rings. The minimum absolute atomic E-state index is 0.00500. The van der Waals surface area contributed by atoms with Gasteiger partial charge in [-0.2, -0.15) is 0 Å². The smallest absolute Gasteiger partial charge is 0.356 e. The predicted octanol–water partition coefficient (Wildman–Crippen LogP) is 0.848. The largest absolute Gasteiger partial charge is 0.476 e. The molecule has 6 nitrogen and oxygen atoms in total. The minimum Gasteiger partial charge on any atom is -0.476 e. The van der Waals surface area contributed by atoms with Gasteiger partial charge in [0.1, 0.15) is 5.82 Å². The zero-order valence-electron chi connectivity index (χ0n) is 11.0. The van der Waals surface area contributed by atoms with Crippen molar-refractivity contribution in [2.24, 2.45) is 0 Å². The molecule has 0 bridgehead atoms. The Morgan fingerprint density at radius 1 is 1.32 bits per heavy atom. The summed E-state index contributed by atoms with van der Waals surface area (Å²) < 4.78 is 0. The molecule has 1 saturated heterocycles. The Hall–Kier alpha value is -1.69. The van der Waals surface area contributed by atoms with Crippen LogP contribution < -0.4 is 4.90 Å². The molecule has 6 heteroatoms. The summed E-state index contributed by atoms with van der Waals surface area (Å²) in [6.45, 7) is 1.91. The molecule has 2 heterocycles. The van der Waals surface area contributed by atoms with E-state index in [1.54, 1.807) is 6.20 Å². The molecule has 1 aliphatic heterocycles. The van der Waals surface area contributed by atoms with Gasteiger partial charge in [-0.3, -0.25) is 4.90 Å². The lowest BCUT2D eigenvalue weighted by Gasteiger charge is -2.24. The molecule has 1 aromatic heterocycles. The topological polar surface area (TPSA) is 69.6 Å². The molecule has 1 N–H and O–H groups in total. The number of carbonyl (C=O) groups is 1. The van der Waals surface area contributed by atoms with Gasteiger partial charge in [0.05, 0.1) is 12.4 Å². The first-order valence-electron chi connectivity index (χ1n) is 6.67. The normalized spacial score (nSPS) is 23.1. The van der Waals surface area contributed by atoms with Crippen molar-refractivity contribution < 1.29 is 9.90 Å². The molecule has 1 unspecified atom stereocenters. The molecule has 1 saturated carbocycles. The number of hydrogen-bond acceptors (Lipinski definition) is 5. The molecule has 2 aliphatic rings. The van der Waals surface area contributed by atoms with Crippen LogP contribution in [0.2, 0.25) is 0 Å². The van der Waals surface area contributed by atoms with Gasteiger partial charge in [-0.15, -0.1) is 0 Å². The standard InChI is InChI=1S/C13H18N4O2/c1-16(9-2-3-9)10-4-5-17(8-10)12-7-14-11(6-15-12)13(18)19/h6-7,9-10H,2-5,8H2,1H3,(H,18,19). The van der Waals surface area contributed by atoms with Gasteiger partial charge in [0.2, 0.25) is 0 Å². The highest BCUT2D eigenvalue weighted by molar-refractivity contribution is 5.84. The zero-order chi connectivity index (χ0) is 13.4. The predicted molar refractivity (Wildman–Crippen MR) is 70.4 cm³/mol. The summed E-state index contributed by atoms with van der Waals surface area (Å²) in [5.41, 5.74) is -0.00500. The van der Waals surface area contributed by atoms with Crippen LogP contribution in [0.4, 0.5) is 5.82 Å². The number of nitrogens with zero attached hydrogens (tertiary/aromatic N) is 4. The van der Waals surface area contributed by atoms with Crippen LogP contribution >= 0.6 is 0 Å². The summed E-state index contributed by atoms with van der Waals surface area (Å²) in [4.78, 5) is 23.5. The Bertz CT molecular complexity index is 472. The van der Waals surface area contributed by atoms with Gasteiger partial charge in [0, 0.05) is 25.2 Å². The summed E-state index contributed by atoms with van der Waals surface area (Å²) in [5.74, 6) is -0.261. The first kappa shape index (κ1) is 12.3. The van der Waals surface area contributed by atoms with Crippen LogP contribution in [-0.4, -0.2) is 58.2 Å². The van der Waals surface area contributed by atoms with Crippen LogP contribution in [0, 0.1) is 0 Å². The van der Waals surface area contributed by atoms with Gasteiger partial charge in [-0.05, 0) is 26.3 Å². The van der Waals surface area contributed by atoms with Gasteiger partial charge < -0.3 is 10.0 Å². The maximum absolute atomic E-state index is 10.7. The summed E-state index contributed by atoms with van der Waals surface area (Å²) in [6, 6.07) is 1.35. The molecule has 1 atom stereocenters. The summed E-state index contributed by atoms with van der Waals surface area (Å²) in [7, 11) is 2.20. The van der Waals surface area contributed by atoms with E-state index >= 15 is 0 Å². The fraction of sp³-hybridized carbons (Fsp3) is 0.615. The summed E-state index contributed by atoms with van der Waals surface area (Å²) >= 11 is 0. The van der Waals surface area contributed by atoms with Crippen LogP contribution in [0.3, 0.4) is 0 Å². The zero-order valence-corrected chi connectivity index (χ0v) is 11.0. The molecule has 19 heavy (non-hydrogen) atoms. The number of carboxylic acids is 1. The van der Waals surface area contributed by atoms with Crippen LogP contribution in [-0.2, 0) is 0 Å². The number of aromatic carboxylic acids is 1. The summed E-state index contributed by atoms with van der Waals surface area (Å²) in [6.07, 6.45) is 6.66. The third-order valence-corrected chi connectivity index (χ3v) is 4.04. The molecule has 0 spiro atoms. The molecule has 3 rings (SSSR count). The molecule has 1 aromatic rings. The Morgan fingerprint density at radius 3 is 2.68 bits per heavy atom. The highest BCUT2D eigenvalue weighted by Gasteiger charge is 2.34. The Kier molecular flexibility index (Phi) is 3.10. The van der Waals surface area contributed by atoms with Gasteiger partial charge in [0.15, 0.2) is 5.69 Å². The van der Waals surface area contributed by atoms with Crippen molar-refractivity contribution in [3.63, 3.8) is 0 Å². The van der Waals surface area contributed by atoms with Gasteiger partial charge >= 0.3 is 5.97 Å². The fourth-order valence-electron chi connectivity index (χ4n) is 2.66. The van der Waals surface area contributed by atoms with Gasteiger partial charge in [-0.1, -0.05) is 0 Å². The number of likely N-dealkylation sites (N-methyl/N-ethyl adjacent to an activating group) is 1. The summed E-state index contributed by atoms with van der Waals surface area (Å²) in [5, 5.41) is 8.80. The average molecular weight is 262 g/mol. The molecule has 0 aromatic carbocycles. The minimum atomic E-state index is -1.04. The van der Waals surface area contributed by atoms with Crippen molar-refractivity contribution in [2.45, 2.75) is 31.3 Å². The van der Waals surface area contributed by atoms with Crippen LogP contribution in [0.1, 0.15) is 29.8 Å². The number of anilines is 1. The van der Waals surface area contributed by atoms with Gasteiger partial charge in [-0.25, -0.2) is 14.8 Å². The third kappa shape index (κ3) is 2.53. The molecular formula is C13H18N4O2. The molecule has 0 radical (unpaired) electrons. The lowest BCUT2D eigenvalue weighted by atomic mass is 10.2. The van der Waals surface area contributed by atoms with E-state index in [2.05, 4.69) is 26.8 Å². The maximum atomic E-state index is 10.7. The number of rotatable bonds is 4. The highest BCUT2D eigenvalue weighted by Crippen LogP contribution is 2.30. The lowest BCUT2D eigenvalue weighted by Crippen LogP contribution is -2.36. The Labute approximate surface area is 112 Å². The first-order valence-corrected chi connectivity index (χ1v) is 6.67. The molecule has 0 amide bonds. The maximum Gasteiger partial charge on any atom is 0.356 e. The molecular weight excluding hydrogens is 244 g/mol. The van der Waals surface area contributed by atoms with Crippen molar-refractivity contribution in [2.75, 3.05) is 25.0 Å². The second-order valence-electron chi connectivity index (χ2n) is 5.35. The number of carboxylic acid groups (broad SMARTS) is 1. The van der Waals surface area contributed by atoms with E-state index < -0.39 is 5.97 Å².